The fraction of sp³-hybridized carbons (Fsp3) is 0. The van der Waals surface area contributed by atoms with Crippen molar-refractivity contribution in [2.45, 2.75) is 0 Å². The Morgan fingerprint density at radius 3 is 1.73 bits per heavy atom. The lowest BCUT2D eigenvalue weighted by Gasteiger charge is -2.20. The van der Waals surface area contributed by atoms with Crippen molar-refractivity contribution in [2.24, 2.45) is 0 Å². The van der Waals surface area contributed by atoms with Gasteiger partial charge in [-0.25, -0.2) is 4.98 Å². The van der Waals surface area contributed by atoms with Crippen molar-refractivity contribution >= 4 is 88.5 Å². The molecule has 0 saturated heterocycles. The van der Waals surface area contributed by atoms with Gasteiger partial charge >= 0.3 is 0 Å². The minimum Gasteiger partial charge on any atom is -0.455 e. The number of benzene rings is 9. The molecule has 0 aliphatic heterocycles. The second-order valence-electron chi connectivity index (χ2n) is 15.4. The summed E-state index contributed by atoms with van der Waals surface area (Å²) in [7, 11) is -3.17. The normalized spacial score (nSPS) is 12.1. The first kappa shape index (κ1) is 34.5. The molecule has 0 radical (unpaired) electrons. The van der Waals surface area contributed by atoms with Gasteiger partial charge in [0, 0.05) is 70.4 Å². The minimum atomic E-state index is -3.17. The molecular formula is C55H35N2O2P. The molecular weight excluding hydrogens is 752 g/mol. The molecule has 5 heteroatoms. The molecule has 282 valence electrons. The molecule has 0 aliphatic carbocycles. The van der Waals surface area contributed by atoms with Crippen molar-refractivity contribution in [2.75, 3.05) is 0 Å². The summed E-state index contributed by atoms with van der Waals surface area (Å²) in [6.45, 7) is 0. The summed E-state index contributed by atoms with van der Waals surface area (Å²) < 4.78 is 24.5. The number of para-hydroxylation sites is 4. The Hall–Kier alpha value is -7.52. The number of hydrogen-bond donors (Lipinski definition) is 0. The maximum Gasteiger partial charge on any atom is 0.171 e. The maximum absolute atomic E-state index is 15.3. The average Bonchev–Trinajstić information content (AvgIpc) is 3.88. The number of pyridine rings is 1. The lowest BCUT2D eigenvalue weighted by molar-refractivity contribution is 0.592. The molecule has 3 aromatic heterocycles. The summed E-state index contributed by atoms with van der Waals surface area (Å²) >= 11 is 0. The Morgan fingerprint density at radius 2 is 1.00 bits per heavy atom. The van der Waals surface area contributed by atoms with E-state index in [-0.39, 0.29) is 0 Å². The lowest BCUT2D eigenvalue weighted by atomic mass is 9.91. The Labute approximate surface area is 346 Å². The van der Waals surface area contributed by atoms with Gasteiger partial charge in [-0.15, -0.1) is 0 Å². The van der Waals surface area contributed by atoms with Gasteiger partial charge in [0.1, 0.15) is 11.2 Å². The van der Waals surface area contributed by atoms with Crippen molar-refractivity contribution in [1.82, 2.24) is 9.55 Å². The van der Waals surface area contributed by atoms with E-state index in [0.29, 0.717) is 0 Å². The third-order valence-corrected chi connectivity index (χ3v) is 15.1. The first-order valence-corrected chi connectivity index (χ1v) is 21.9. The third-order valence-electron chi connectivity index (χ3n) is 12.1. The summed E-state index contributed by atoms with van der Waals surface area (Å²) in [6.07, 6.45) is 0. The zero-order valence-electron chi connectivity index (χ0n) is 32.4. The van der Waals surface area contributed by atoms with Gasteiger partial charge in [-0.2, -0.15) is 0 Å². The summed E-state index contributed by atoms with van der Waals surface area (Å²) in [5.74, 6) is 0. The Morgan fingerprint density at radius 1 is 0.433 bits per heavy atom. The molecule has 0 amide bonds. The summed E-state index contributed by atoms with van der Waals surface area (Å²) in [6, 6.07) is 72.9. The second kappa shape index (κ2) is 13.5. The lowest BCUT2D eigenvalue weighted by Crippen LogP contribution is -2.24. The predicted molar refractivity (Wildman–Crippen MR) is 251 cm³/mol. The van der Waals surface area contributed by atoms with Crippen LogP contribution in [0.25, 0.3) is 93.5 Å². The Balaban J connectivity index is 1.13. The SMILES string of the molecule is O=P(c1ccccc1)(c1ccccc1)c1ccc(-c2cc3c(-c4ccc5c(c4)c4ccccc4n5-c4ccccc4)nc4ccccc4c3c3c2oc2ccccc23)cc1. The molecule has 0 atom stereocenters. The number of fused-ring (bicyclic) bond motifs is 10. The van der Waals surface area contributed by atoms with Crippen molar-refractivity contribution < 1.29 is 8.98 Å². The quantitative estimate of drug-likeness (QED) is 0.125. The van der Waals surface area contributed by atoms with Crippen LogP contribution in [0.5, 0.6) is 0 Å². The first-order chi connectivity index (χ1) is 29.6. The molecule has 0 aliphatic rings. The maximum atomic E-state index is 15.3. The number of nitrogens with zero attached hydrogens (tertiary/aromatic N) is 2. The molecule has 0 bridgehead atoms. The van der Waals surface area contributed by atoms with E-state index in [1.807, 2.05) is 84.9 Å². The highest BCUT2D eigenvalue weighted by Crippen LogP contribution is 2.47. The molecule has 9 aromatic carbocycles. The van der Waals surface area contributed by atoms with Gasteiger partial charge in [0.2, 0.25) is 0 Å². The fourth-order valence-electron chi connectivity index (χ4n) is 9.31. The van der Waals surface area contributed by atoms with E-state index in [1.165, 1.54) is 10.8 Å². The molecule has 4 nitrogen and oxygen atoms in total. The number of aromatic nitrogens is 2. The standard InChI is InChI=1S/C55H35N2O2P/c58-60(39-18-6-2-7-19-39,40-20-8-3-9-21-40)41-31-28-36(29-32-41)45-35-47-52(53-44-24-12-15-27-51(44)59-55(45)53)43-23-10-13-25-48(43)56-54(47)37-30-33-50-46(34-37)42-22-11-14-26-49(42)57(50)38-16-4-1-5-17-38/h1-35H. The van der Waals surface area contributed by atoms with Crippen LogP contribution in [0.1, 0.15) is 0 Å². The number of rotatable bonds is 6. The van der Waals surface area contributed by atoms with Crippen LogP contribution >= 0.6 is 7.14 Å². The van der Waals surface area contributed by atoms with E-state index in [2.05, 4.69) is 132 Å². The summed E-state index contributed by atoms with van der Waals surface area (Å²) in [4.78, 5) is 5.47. The zero-order chi connectivity index (χ0) is 39.8. The summed E-state index contributed by atoms with van der Waals surface area (Å²) in [5, 5.41) is 10.1. The second-order valence-corrected chi connectivity index (χ2v) is 18.1. The largest absolute Gasteiger partial charge is 0.455 e. The van der Waals surface area contributed by atoms with Gasteiger partial charge in [-0.05, 0) is 54.1 Å². The molecule has 3 heterocycles. The van der Waals surface area contributed by atoms with Crippen molar-refractivity contribution in [3.63, 3.8) is 0 Å². The minimum absolute atomic E-state index is 0.779. The van der Waals surface area contributed by atoms with Gasteiger partial charge in [0.05, 0.1) is 22.2 Å². The van der Waals surface area contributed by atoms with Gasteiger partial charge in [-0.1, -0.05) is 164 Å². The monoisotopic (exact) mass is 786 g/mol. The van der Waals surface area contributed by atoms with Gasteiger partial charge in [-0.3, -0.25) is 0 Å². The highest BCUT2D eigenvalue weighted by molar-refractivity contribution is 7.85. The van der Waals surface area contributed by atoms with Crippen molar-refractivity contribution in [3.05, 3.63) is 212 Å². The van der Waals surface area contributed by atoms with Crippen LogP contribution in [0.4, 0.5) is 0 Å². The summed E-state index contributed by atoms with van der Waals surface area (Å²) in [5.41, 5.74) is 9.86. The molecule has 12 rings (SSSR count). The molecule has 0 spiro atoms. The molecule has 12 aromatic rings. The number of furan rings is 1. The van der Waals surface area contributed by atoms with E-state index in [9.17, 15) is 0 Å². The molecule has 0 saturated carbocycles. The van der Waals surface area contributed by atoms with Crippen LogP contribution in [-0.2, 0) is 4.57 Å². The van der Waals surface area contributed by atoms with E-state index in [1.54, 1.807) is 0 Å². The predicted octanol–water partition coefficient (Wildman–Crippen LogP) is 13.4. The highest BCUT2D eigenvalue weighted by Gasteiger charge is 2.30. The molecule has 0 N–H and O–H groups in total. The molecule has 60 heavy (non-hydrogen) atoms. The smallest absolute Gasteiger partial charge is 0.171 e. The first-order valence-electron chi connectivity index (χ1n) is 20.2. The van der Waals surface area contributed by atoms with Crippen LogP contribution in [-0.4, -0.2) is 9.55 Å². The van der Waals surface area contributed by atoms with Gasteiger partial charge in [0.25, 0.3) is 0 Å². The third kappa shape index (κ3) is 5.18. The van der Waals surface area contributed by atoms with Crippen LogP contribution < -0.4 is 15.9 Å². The topological polar surface area (TPSA) is 48.0 Å². The number of hydrogen-bond acceptors (Lipinski definition) is 3. The highest BCUT2D eigenvalue weighted by atomic mass is 31.2. The van der Waals surface area contributed by atoms with Crippen LogP contribution in [0.2, 0.25) is 0 Å². The van der Waals surface area contributed by atoms with E-state index in [0.717, 1.165) is 98.6 Å². The van der Waals surface area contributed by atoms with Gasteiger partial charge in [0.15, 0.2) is 7.14 Å². The Kier molecular flexibility index (Phi) is 7.78. The van der Waals surface area contributed by atoms with E-state index >= 15 is 4.57 Å². The van der Waals surface area contributed by atoms with Gasteiger partial charge < -0.3 is 13.5 Å². The van der Waals surface area contributed by atoms with Crippen LogP contribution in [0.3, 0.4) is 0 Å². The van der Waals surface area contributed by atoms with E-state index < -0.39 is 7.14 Å². The van der Waals surface area contributed by atoms with Crippen LogP contribution in [0.15, 0.2) is 217 Å². The molecule has 0 fully saturated rings. The van der Waals surface area contributed by atoms with Crippen LogP contribution in [0, 0.1) is 0 Å². The van der Waals surface area contributed by atoms with Crippen molar-refractivity contribution in [1.29, 1.82) is 0 Å². The average molecular weight is 787 g/mol. The Bertz CT molecular complexity index is 3620. The zero-order valence-corrected chi connectivity index (χ0v) is 33.3. The van der Waals surface area contributed by atoms with Crippen molar-refractivity contribution in [3.8, 4) is 28.1 Å². The fourth-order valence-corrected chi connectivity index (χ4v) is 12.0. The van der Waals surface area contributed by atoms with E-state index in [4.69, 9.17) is 9.40 Å². The molecule has 0 unspecified atom stereocenters.